The molecule has 0 aliphatic carbocycles. The highest BCUT2D eigenvalue weighted by Crippen LogP contribution is 2.17. The summed E-state index contributed by atoms with van der Waals surface area (Å²) >= 11 is 0. The third-order valence-corrected chi connectivity index (χ3v) is 13.7. The van der Waals surface area contributed by atoms with Crippen molar-refractivity contribution in [2.24, 2.45) is 0 Å². The lowest BCUT2D eigenvalue weighted by Crippen LogP contribution is -2.56. The van der Waals surface area contributed by atoms with Crippen LogP contribution < -0.4 is 15.1 Å². The minimum absolute atomic E-state index is 1.11. The monoisotopic (exact) mass is 972 g/mol. The SMILES string of the molecule is CCCCCCCCCCCC[N+](C)(C)Cc1ccccc1.CCCCCCCCCCCC[N+](C)(C)Cc1ccccc1.CCCCCCCCCCCC[N+](C)(C)Cc1ccccc1.[O-]B([O-])[O-]. The summed E-state index contributed by atoms with van der Waals surface area (Å²) in [5, 5.41) is 25.2. The van der Waals surface area contributed by atoms with E-state index in [0.717, 1.165) is 33.1 Å². The second-order valence-electron chi connectivity index (χ2n) is 22.7. The quantitative estimate of drug-likeness (QED) is 0.0325. The molecule has 0 spiro atoms. The molecule has 0 saturated carbocycles. The van der Waals surface area contributed by atoms with E-state index in [-0.39, 0.29) is 0 Å². The normalized spacial score (nSPS) is 11.5. The summed E-state index contributed by atoms with van der Waals surface area (Å²) in [5.41, 5.74) is 4.37. The Morgan fingerprint density at radius 1 is 0.271 bits per heavy atom. The highest BCUT2D eigenvalue weighted by atomic mass is 16.5. The number of hydrogen-bond donors (Lipinski definition) is 0. The van der Waals surface area contributed by atoms with E-state index in [1.807, 2.05) is 0 Å². The Bertz CT molecular complexity index is 1310. The molecule has 3 aromatic rings. The molecule has 0 atom stereocenters. The summed E-state index contributed by atoms with van der Waals surface area (Å²) in [7, 11) is 11.3. The minimum atomic E-state index is -2.92. The fourth-order valence-electron chi connectivity index (χ4n) is 9.55. The number of unbranched alkanes of at least 4 members (excludes halogenated alkanes) is 27. The zero-order chi connectivity index (χ0) is 51.9. The molecule has 70 heavy (non-hydrogen) atoms. The molecule has 0 aliphatic heterocycles. The molecule has 0 unspecified atom stereocenters. The van der Waals surface area contributed by atoms with E-state index in [2.05, 4.69) is 154 Å². The van der Waals surface area contributed by atoms with E-state index in [9.17, 15) is 0 Å². The standard InChI is InChI=1S/3C21H38N.BO3/c3*1-4-5-6-7-8-9-10-11-12-16-19-22(2,3)20-21-17-14-13-15-18-21;2-1(3)4/h3*13-15,17-18H,4-12,16,19-20H2,1-3H3;/q3*+1;-3. The van der Waals surface area contributed by atoms with Crippen LogP contribution in [0, 0.1) is 0 Å². The summed E-state index contributed by atoms with van der Waals surface area (Å²) in [6.07, 6.45) is 42.7. The van der Waals surface area contributed by atoms with Crippen molar-refractivity contribution in [3.05, 3.63) is 108 Å². The lowest BCUT2D eigenvalue weighted by atomic mass is 10.1. The first kappa shape index (κ1) is 67.5. The lowest BCUT2D eigenvalue weighted by Gasteiger charge is -2.35. The van der Waals surface area contributed by atoms with Gasteiger partial charge in [0.15, 0.2) is 0 Å². The van der Waals surface area contributed by atoms with Crippen molar-refractivity contribution in [2.75, 3.05) is 61.9 Å². The molecule has 0 heterocycles. The van der Waals surface area contributed by atoms with Crippen molar-refractivity contribution in [1.29, 1.82) is 0 Å². The van der Waals surface area contributed by atoms with E-state index >= 15 is 0 Å². The molecule has 0 N–H and O–H groups in total. The van der Waals surface area contributed by atoms with E-state index in [1.165, 1.54) is 229 Å². The van der Waals surface area contributed by atoms with Gasteiger partial charge in [-0.1, -0.05) is 266 Å². The van der Waals surface area contributed by atoms with E-state index in [1.54, 1.807) is 0 Å². The zero-order valence-electron chi connectivity index (χ0n) is 47.8. The molecule has 3 rings (SSSR count). The molecule has 3 aromatic carbocycles. The van der Waals surface area contributed by atoms with Crippen LogP contribution in [0.4, 0.5) is 0 Å². The first-order valence-electron chi connectivity index (χ1n) is 29.2. The van der Waals surface area contributed by atoms with Crippen molar-refractivity contribution in [1.82, 2.24) is 0 Å². The summed E-state index contributed by atoms with van der Waals surface area (Å²) in [6, 6.07) is 32.7. The smallest absolute Gasteiger partial charge is 0.104 e. The van der Waals surface area contributed by atoms with Gasteiger partial charge in [-0.05, 0) is 38.5 Å². The molecule has 0 radical (unpaired) electrons. The van der Waals surface area contributed by atoms with Crippen LogP contribution in [0.25, 0.3) is 0 Å². The molecule has 0 saturated heterocycles. The number of quaternary nitrogens is 3. The van der Waals surface area contributed by atoms with Crippen molar-refractivity contribution in [2.45, 2.75) is 233 Å². The third kappa shape index (κ3) is 47.8. The zero-order valence-corrected chi connectivity index (χ0v) is 47.8. The summed E-state index contributed by atoms with van der Waals surface area (Å²) in [6.45, 7) is 14.2. The summed E-state index contributed by atoms with van der Waals surface area (Å²) in [4.78, 5) is 0. The van der Waals surface area contributed by atoms with E-state index in [0.29, 0.717) is 0 Å². The predicted octanol–water partition coefficient (Wildman–Crippen LogP) is 14.6. The molecule has 0 aliphatic rings. The van der Waals surface area contributed by atoms with Gasteiger partial charge in [-0.25, -0.2) is 0 Å². The van der Waals surface area contributed by atoms with Gasteiger partial charge in [0, 0.05) is 16.7 Å². The lowest BCUT2D eigenvalue weighted by molar-refractivity contribution is -0.903. The third-order valence-electron chi connectivity index (χ3n) is 13.7. The Morgan fingerprint density at radius 3 is 0.600 bits per heavy atom. The largest absolute Gasteiger partial charge is 0.907 e. The second kappa shape index (κ2) is 46.3. The Labute approximate surface area is 436 Å². The average molecular weight is 972 g/mol. The van der Waals surface area contributed by atoms with Crippen LogP contribution in [0.15, 0.2) is 91.0 Å². The maximum atomic E-state index is 8.42. The van der Waals surface area contributed by atoms with Crippen molar-refractivity contribution in [3.63, 3.8) is 0 Å². The van der Waals surface area contributed by atoms with Crippen LogP contribution in [0.1, 0.15) is 230 Å². The van der Waals surface area contributed by atoms with Crippen LogP contribution in [0.2, 0.25) is 0 Å². The highest BCUT2D eigenvalue weighted by molar-refractivity contribution is 6.24. The van der Waals surface area contributed by atoms with Gasteiger partial charge in [-0.3, -0.25) is 7.32 Å². The maximum Gasteiger partial charge on any atom is 0.104 e. The molecule has 7 heteroatoms. The van der Waals surface area contributed by atoms with Gasteiger partial charge in [0.05, 0.1) is 61.9 Å². The minimum Gasteiger partial charge on any atom is -0.907 e. The average Bonchev–Trinajstić information content (AvgIpc) is 3.31. The first-order valence-corrected chi connectivity index (χ1v) is 29.2. The van der Waals surface area contributed by atoms with Crippen LogP contribution in [0.3, 0.4) is 0 Å². The van der Waals surface area contributed by atoms with Gasteiger partial charge in [0.2, 0.25) is 0 Å². The molecule has 0 fully saturated rings. The topological polar surface area (TPSA) is 69.2 Å². The number of nitrogens with zero attached hydrogens (tertiary/aromatic N) is 3. The van der Waals surface area contributed by atoms with E-state index in [4.69, 9.17) is 15.1 Å². The number of benzene rings is 3. The molecular weight excluding hydrogens is 858 g/mol. The summed E-state index contributed by atoms with van der Waals surface area (Å²) in [5.74, 6) is 0. The molecule has 6 nitrogen and oxygen atoms in total. The summed E-state index contributed by atoms with van der Waals surface area (Å²) < 4.78 is 3.34. The number of hydrogen-bond acceptors (Lipinski definition) is 3. The van der Waals surface area contributed by atoms with Crippen LogP contribution >= 0.6 is 0 Å². The molecular formula is C63H114BN3O3. The van der Waals surface area contributed by atoms with Gasteiger partial charge in [0.25, 0.3) is 0 Å². The Morgan fingerprint density at radius 2 is 0.429 bits per heavy atom. The Balaban J connectivity index is 0.000000980. The Hall–Kier alpha value is -2.52. The fourth-order valence-corrected chi connectivity index (χ4v) is 9.55. The van der Waals surface area contributed by atoms with Crippen LogP contribution in [-0.4, -0.2) is 82.7 Å². The van der Waals surface area contributed by atoms with Crippen molar-refractivity contribution < 1.29 is 28.5 Å². The Kier molecular flexibility index (Phi) is 44.6. The van der Waals surface area contributed by atoms with Gasteiger partial charge < -0.3 is 28.5 Å². The van der Waals surface area contributed by atoms with Crippen molar-refractivity contribution in [3.8, 4) is 0 Å². The molecule has 402 valence electrons. The molecule has 0 aromatic heterocycles. The molecule has 0 bridgehead atoms. The van der Waals surface area contributed by atoms with Gasteiger partial charge in [0.1, 0.15) is 19.6 Å². The molecule has 0 amide bonds. The van der Waals surface area contributed by atoms with Gasteiger partial charge in [-0.2, -0.15) is 0 Å². The highest BCUT2D eigenvalue weighted by Gasteiger charge is 2.17. The predicted molar refractivity (Wildman–Crippen MR) is 303 cm³/mol. The van der Waals surface area contributed by atoms with Crippen LogP contribution in [-0.2, 0) is 19.6 Å². The first-order chi connectivity index (χ1) is 33.6. The maximum absolute atomic E-state index is 8.42. The fraction of sp³-hybridized carbons (Fsp3) is 0.714. The van der Waals surface area contributed by atoms with Crippen LogP contribution in [0.5, 0.6) is 0 Å². The van der Waals surface area contributed by atoms with Gasteiger partial charge >= 0.3 is 0 Å². The van der Waals surface area contributed by atoms with Gasteiger partial charge in [-0.15, -0.1) is 0 Å². The van der Waals surface area contributed by atoms with Crippen molar-refractivity contribution >= 4 is 7.32 Å². The second-order valence-corrected chi connectivity index (χ2v) is 22.7. The number of rotatable bonds is 39. The van der Waals surface area contributed by atoms with E-state index < -0.39 is 7.32 Å².